The minimum Gasteiger partial charge on any atom is -0.331 e. The van der Waals surface area contributed by atoms with Crippen molar-refractivity contribution in [2.75, 3.05) is 11.9 Å². The van der Waals surface area contributed by atoms with Crippen molar-refractivity contribution in [1.29, 1.82) is 0 Å². The SMILES string of the molecule is CC(=O)N1CCCC1C(=O)Nc1ccc(Br)c(C)c1. The molecule has 0 aliphatic carbocycles. The van der Waals surface area contributed by atoms with Crippen LogP contribution in [0.1, 0.15) is 25.3 Å². The standard InChI is InChI=1S/C14H17BrN2O2/c1-9-8-11(5-6-12(9)15)16-14(19)13-4-3-7-17(13)10(2)18/h5-6,8,13H,3-4,7H2,1-2H3,(H,16,19). The van der Waals surface area contributed by atoms with Gasteiger partial charge in [0.25, 0.3) is 0 Å². The summed E-state index contributed by atoms with van der Waals surface area (Å²) in [5, 5.41) is 2.88. The highest BCUT2D eigenvalue weighted by atomic mass is 79.9. The summed E-state index contributed by atoms with van der Waals surface area (Å²) in [6, 6.07) is 5.33. The molecule has 2 amide bonds. The fourth-order valence-electron chi connectivity index (χ4n) is 2.36. The van der Waals surface area contributed by atoms with E-state index in [2.05, 4.69) is 21.2 Å². The number of carbonyl (C=O) groups is 2. The summed E-state index contributed by atoms with van der Waals surface area (Å²) in [5.41, 5.74) is 1.83. The molecule has 1 aromatic carbocycles. The smallest absolute Gasteiger partial charge is 0.247 e. The van der Waals surface area contributed by atoms with Crippen molar-refractivity contribution >= 4 is 33.4 Å². The maximum Gasteiger partial charge on any atom is 0.247 e. The monoisotopic (exact) mass is 324 g/mol. The van der Waals surface area contributed by atoms with Crippen LogP contribution < -0.4 is 5.32 Å². The summed E-state index contributed by atoms with van der Waals surface area (Å²) < 4.78 is 1.01. The molecule has 4 nitrogen and oxygen atoms in total. The molecule has 1 fully saturated rings. The summed E-state index contributed by atoms with van der Waals surface area (Å²) in [6.45, 7) is 4.15. The Morgan fingerprint density at radius 2 is 2.16 bits per heavy atom. The number of rotatable bonds is 2. The van der Waals surface area contributed by atoms with E-state index in [0.717, 1.165) is 28.6 Å². The van der Waals surface area contributed by atoms with Crippen LogP contribution in [-0.4, -0.2) is 29.3 Å². The maximum atomic E-state index is 12.2. The molecule has 1 aromatic rings. The van der Waals surface area contributed by atoms with Crippen LogP contribution in [0.5, 0.6) is 0 Å². The average Bonchev–Trinajstić information content (AvgIpc) is 2.83. The van der Waals surface area contributed by atoms with Crippen LogP contribution in [0.25, 0.3) is 0 Å². The lowest BCUT2D eigenvalue weighted by Crippen LogP contribution is -2.42. The maximum absolute atomic E-state index is 12.2. The van der Waals surface area contributed by atoms with Gasteiger partial charge in [-0.2, -0.15) is 0 Å². The number of nitrogens with one attached hydrogen (secondary N) is 1. The molecule has 0 bridgehead atoms. The average molecular weight is 325 g/mol. The third-order valence-corrected chi connectivity index (χ3v) is 4.28. The number of amides is 2. The molecule has 1 atom stereocenters. The van der Waals surface area contributed by atoms with E-state index in [1.54, 1.807) is 4.90 Å². The van der Waals surface area contributed by atoms with E-state index >= 15 is 0 Å². The zero-order chi connectivity index (χ0) is 14.0. The van der Waals surface area contributed by atoms with E-state index in [1.165, 1.54) is 6.92 Å². The molecule has 1 N–H and O–H groups in total. The minimum atomic E-state index is -0.332. The van der Waals surface area contributed by atoms with Gasteiger partial charge in [-0.05, 0) is 43.5 Å². The molecule has 1 heterocycles. The van der Waals surface area contributed by atoms with Gasteiger partial charge in [0.2, 0.25) is 11.8 Å². The molecular weight excluding hydrogens is 308 g/mol. The van der Waals surface area contributed by atoms with Gasteiger partial charge in [0, 0.05) is 23.6 Å². The number of nitrogens with zero attached hydrogens (tertiary/aromatic N) is 1. The largest absolute Gasteiger partial charge is 0.331 e. The molecular formula is C14H17BrN2O2. The molecule has 1 saturated heterocycles. The fourth-order valence-corrected chi connectivity index (χ4v) is 2.61. The third-order valence-electron chi connectivity index (χ3n) is 3.39. The van der Waals surface area contributed by atoms with Gasteiger partial charge in [0.1, 0.15) is 6.04 Å². The van der Waals surface area contributed by atoms with Crippen LogP contribution in [0.3, 0.4) is 0 Å². The van der Waals surface area contributed by atoms with Crippen molar-refractivity contribution in [3.8, 4) is 0 Å². The van der Waals surface area contributed by atoms with Crippen LogP contribution in [0, 0.1) is 6.92 Å². The van der Waals surface area contributed by atoms with Crippen LogP contribution in [0.15, 0.2) is 22.7 Å². The lowest BCUT2D eigenvalue weighted by Gasteiger charge is -2.22. The number of likely N-dealkylation sites (tertiary alicyclic amines) is 1. The molecule has 0 saturated carbocycles. The fraction of sp³-hybridized carbons (Fsp3) is 0.429. The number of halogens is 1. The summed E-state index contributed by atoms with van der Waals surface area (Å²) in [6.07, 6.45) is 1.62. The number of anilines is 1. The molecule has 102 valence electrons. The van der Waals surface area contributed by atoms with Crippen LogP contribution in [-0.2, 0) is 9.59 Å². The molecule has 5 heteroatoms. The Kier molecular flexibility index (Phi) is 4.24. The van der Waals surface area contributed by atoms with E-state index in [1.807, 2.05) is 25.1 Å². The van der Waals surface area contributed by atoms with E-state index in [4.69, 9.17) is 0 Å². The Morgan fingerprint density at radius 1 is 1.42 bits per heavy atom. The molecule has 1 aliphatic heterocycles. The van der Waals surface area contributed by atoms with Crippen molar-refractivity contribution in [2.45, 2.75) is 32.7 Å². The Hall–Kier alpha value is -1.36. The zero-order valence-corrected chi connectivity index (χ0v) is 12.7. The highest BCUT2D eigenvalue weighted by Crippen LogP contribution is 2.22. The number of benzene rings is 1. The van der Waals surface area contributed by atoms with Gasteiger partial charge in [0.05, 0.1) is 0 Å². The van der Waals surface area contributed by atoms with E-state index in [0.29, 0.717) is 6.54 Å². The van der Waals surface area contributed by atoms with Crippen molar-refractivity contribution in [1.82, 2.24) is 4.90 Å². The highest BCUT2D eigenvalue weighted by Gasteiger charge is 2.32. The Bertz CT molecular complexity index is 516. The van der Waals surface area contributed by atoms with Crippen LogP contribution in [0.2, 0.25) is 0 Å². The molecule has 0 aromatic heterocycles. The lowest BCUT2D eigenvalue weighted by molar-refractivity contribution is -0.134. The first-order valence-corrected chi connectivity index (χ1v) is 7.12. The molecule has 1 aliphatic rings. The van der Waals surface area contributed by atoms with Crippen molar-refractivity contribution in [3.05, 3.63) is 28.2 Å². The molecule has 1 unspecified atom stereocenters. The number of carbonyl (C=O) groups excluding carboxylic acids is 2. The Morgan fingerprint density at radius 3 is 2.79 bits per heavy atom. The molecule has 0 spiro atoms. The third kappa shape index (κ3) is 3.15. The van der Waals surface area contributed by atoms with E-state index in [-0.39, 0.29) is 17.9 Å². The second-order valence-corrected chi connectivity index (χ2v) is 5.68. The van der Waals surface area contributed by atoms with Gasteiger partial charge in [-0.3, -0.25) is 9.59 Å². The quantitative estimate of drug-likeness (QED) is 0.909. The van der Waals surface area contributed by atoms with E-state index < -0.39 is 0 Å². The molecule has 2 rings (SSSR count). The van der Waals surface area contributed by atoms with E-state index in [9.17, 15) is 9.59 Å². The van der Waals surface area contributed by atoms with Crippen molar-refractivity contribution in [3.63, 3.8) is 0 Å². The first-order chi connectivity index (χ1) is 8.99. The number of hydrogen-bond acceptors (Lipinski definition) is 2. The zero-order valence-electron chi connectivity index (χ0n) is 11.1. The topological polar surface area (TPSA) is 49.4 Å². The summed E-state index contributed by atoms with van der Waals surface area (Å²) in [5.74, 6) is -0.140. The normalized spacial score (nSPS) is 18.5. The van der Waals surface area contributed by atoms with Gasteiger partial charge in [0.15, 0.2) is 0 Å². The second-order valence-electron chi connectivity index (χ2n) is 4.82. The summed E-state index contributed by atoms with van der Waals surface area (Å²) >= 11 is 3.42. The van der Waals surface area contributed by atoms with Crippen molar-refractivity contribution < 1.29 is 9.59 Å². The van der Waals surface area contributed by atoms with Crippen LogP contribution >= 0.6 is 15.9 Å². The molecule has 19 heavy (non-hydrogen) atoms. The Balaban J connectivity index is 2.08. The highest BCUT2D eigenvalue weighted by molar-refractivity contribution is 9.10. The summed E-state index contributed by atoms with van der Waals surface area (Å²) in [7, 11) is 0. The molecule has 0 radical (unpaired) electrons. The number of aryl methyl sites for hydroxylation is 1. The van der Waals surface area contributed by atoms with Gasteiger partial charge in [-0.1, -0.05) is 15.9 Å². The van der Waals surface area contributed by atoms with Crippen molar-refractivity contribution in [2.24, 2.45) is 0 Å². The first kappa shape index (κ1) is 14.1. The summed E-state index contributed by atoms with van der Waals surface area (Å²) in [4.78, 5) is 25.3. The Labute approximate surface area is 121 Å². The van der Waals surface area contributed by atoms with Gasteiger partial charge >= 0.3 is 0 Å². The lowest BCUT2D eigenvalue weighted by atomic mass is 10.2. The predicted octanol–water partition coefficient (Wildman–Crippen LogP) is 2.71. The van der Waals surface area contributed by atoms with Gasteiger partial charge in [-0.25, -0.2) is 0 Å². The first-order valence-electron chi connectivity index (χ1n) is 6.33. The predicted molar refractivity (Wildman–Crippen MR) is 77.9 cm³/mol. The van der Waals surface area contributed by atoms with Gasteiger partial charge < -0.3 is 10.2 Å². The second kappa shape index (κ2) is 5.74. The van der Waals surface area contributed by atoms with Gasteiger partial charge in [-0.15, -0.1) is 0 Å². The minimum absolute atomic E-state index is 0.0374. The van der Waals surface area contributed by atoms with Crippen LogP contribution in [0.4, 0.5) is 5.69 Å². The number of hydrogen-bond donors (Lipinski definition) is 1.